The van der Waals surface area contributed by atoms with Crippen LogP contribution in [-0.4, -0.2) is 20.6 Å². The van der Waals surface area contributed by atoms with Gasteiger partial charge in [0.05, 0.1) is 0 Å². The monoisotopic (exact) mass is 650 g/mol. The number of halogens is 2. The Morgan fingerprint density at radius 3 is 0.875 bits per heavy atom. The van der Waals surface area contributed by atoms with Crippen molar-refractivity contribution in [2.45, 2.75) is 104 Å². The first-order chi connectivity index (χ1) is 12.5. The molecule has 0 aliphatic rings. The van der Waals surface area contributed by atoms with E-state index in [1.54, 1.807) is 10.6 Å². The summed E-state index contributed by atoms with van der Waals surface area (Å²) >= 11 is 0. The Bertz CT molecular complexity index is 596. The largest absolute Gasteiger partial charge is 3.00 e. The molecule has 0 fully saturated rings. The van der Waals surface area contributed by atoms with Crippen molar-refractivity contribution in [2.24, 2.45) is 0 Å². The van der Waals surface area contributed by atoms with Crippen LogP contribution in [0.5, 0.6) is 0 Å². The van der Waals surface area contributed by atoms with Crippen molar-refractivity contribution in [1.82, 2.24) is 0 Å². The Labute approximate surface area is 239 Å². The fraction of sp³-hybridized carbons (Fsp3) is 0.615. The summed E-state index contributed by atoms with van der Waals surface area (Å²) < 4.78 is 0. The summed E-state index contributed by atoms with van der Waals surface area (Å²) in [4.78, 5) is 0. The van der Waals surface area contributed by atoms with Crippen LogP contribution < -0.4 is 35.4 Å². The van der Waals surface area contributed by atoms with Crippen LogP contribution in [0.3, 0.4) is 0 Å². The van der Waals surface area contributed by atoms with Gasteiger partial charge >= 0.3 is 37.5 Å². The summed E-state index contributed by atoms with van der Waals surface area (Å²) in [6.07, 6.45) is 0. The van der Waals surface area contributed by atoms with Gasteiger partial charge in [-0.1, -0.05) is 98.9 Å². The van der Waals surface area contributed by atoms with Crippen LogP contribution >= 0.6 is 15.8 Å². The molecule has 0 aromatic heterocycles. The van der Waals surface area contributed by atoms with Gasteiger partial charge in [0.2, 0.25) is 0 Å². The van der Waals surface area contributed by atoms with Gasteiger partial charge in [-0.15, -0.1) is 10.6 Å². The van der Waals surface area contributed by atoms with Gasteiger partial charge in [-0.2, -0.15) is 24.3 Å². The van der Waals surface area contributed by atoms with Crippen LogP contribution in [-0.2, 0) is 37.5 Å². The standard InChI is InChI=1S/2C13H22P.2ClH.Fe.Pd/c2*1-12(2,3)14(13(4,5)6)11-9-7-8-10-11;;;;/h2*7-10H,1-6H3;2*1H;;/q2*-1;;;+3;+2/p-2. The third-order valence-corrected chi connectivity index (χ3v) is 11.5. The minimum absolute atomic E-state index is 0. The number of hydrogen-bond donors (Lipinski definition) is 0. The maximum absolute atomic E-state index is 2.36. The molecule has 2 aromatic carbocycles. The minimum Gasteiger partial charge on any atom is -1.00 e. The maximum Gasteiger partial charge on any atom is 3.00 e. The summed E-state index contributed by atoms with van der Waals surface area (Å²) in [7, 11) is -0.202. The second kappa shape index (κ2) is 15.4. The maximum atomic E-state index is 2.36. The van der Waals surface area contributed by atoms with E-state index in [0.717, 1.165) is 0 Å². The number of hydrogen-bond acceptors (Lipinski definition) is 0. The summed E-state index contributed by atoms with van der Waals surface area (Å²) in [6.45, 7) is 28.3. The third kappa shape index (κ3) is 12.9. The molecule has 0 bridgehead atoms. The van der Waals surface area contributed by atoms with E-state index in [9.17, 15) is 0 Å². The molecule has 2 aromatic rings. The molecule has 0 spiro atoms. The van der Waals surface area contributed by atoms with Gasteiger partial charge in [0.25, 0.3) is 0 Å². The molecule has 0 atom stereocenters. The van der Waals surface area contributed by atoms with Crippen molar-refractivity contribution < 1.29 is 62.3 Å². The van der Waals surface area contributed by atoms with Crippen molar-refractivity contribution in [3.8, 4) is 0 Å². The smallest absolute Gasteiger partial charge is 1.00 e. The van der Waals surface area contributed by atoms with Crippen molar-refractivity contribution in [1.29, 1.82) is 0 Å². The van der Waals surface area contributed by atoms with Crippen LogP contribution in [0, 0.1) is 0 Å². The van der Waals surface area contributed by atoms with Gasteiger partial charge in [0, 0.05) is 0 Å². The molecule has 0 aliphatic carbocycles. The average Bonchev–Trinajstić information content (AvgIpc) is 3.06. The molecule has 6 heteroatoms. The first-order valence-corrected chi connectivity index (χ1v) is 13.2. The Balaban J connectivity index is -0.000000218. The molecule has 0 heterocycles. The van der Waals surface area contributed by atoms with Gasteiger partial charge in [-0.3, -0.25) is 0 Å². The summed E-state index contributed by atoms with van der Waals surface area (Å²) in [6, 6.07) is 17.7. The van der Waals surface area contributed by atoms with E-state index in [1.807, 2.05) is 0 Å². The van der Waals surface area contributed by atoms with Gasteiger partial charge in [-0.25, -0.2) is 24.3 Å². The van der Waals surface area contributed by atoms with Gasteiger partial charge in [0.15, 0.2) is 0 Å². The zero-order chi connectivity index (χ0) is 22.0. The molecule has 189 valence electrons. The minimum atomic E-state index is -0.101. The fourth-order valence-electron chi connectivity index (χ4n) is 4.59. The van der Waals surface area contributed by atoms with Crippen LogP contribution in [0.1, 0.15) is 83.1 Å². The van der Waals surface area contributed by atoms with E-state index in [-0.39, 0.29) is 78.1 Å². The van der Waals surface area contributed by atoms with Gasteiger partial charge in [-0.05, 0) is 20.6 Å². The summed E-state index contributed by atoms with van der Waals surface area (Å²) in [5, 5.41) is 4.65. The zero-order valence-electron chi connectivity index (χ0n) is 21.9. The first-order valence-electron chi connectivity index (χ1n) is 10.5. The second-order valence-corrected chi connectivity index (χ2v) is 19.4. The van der Waals surface area contributed by atoms with Gasteiger partial charge < -0.3 is 24.8 Å². The van der Waals surface area contributed by atoms with E-state index >= 15 is 0 Å². The predicted molar refractivity (Wildman–Crippen MR) is 136 cm³/mol. The Kier molecular flexibility index (Phi) is 19.5. The normalized spacial score (nSPS) is 11.9. The molecule has 0 nitrogen and oxygen atoms in total. The van der Waals surface area contributed by atoms with Crippen molar-refractivity contribution in [3.63, 3.8) is 0 Å². The molecular formula is C26H44Cl2FeP2Pd+. The van der Waals surface area contributed by atoms with E-state index in [2.05, 4.69) is 132 Å². The van der Waals surface area contributed by atoms with Crippen molar-refractivity contribution in [2.75, 3.05) is 0 Å². The molecule has 0 saturated heterocycles. The molecule has 0 aliphatic heterocycles. The van der Waals surface area contributed by atoms with E-state index < -0.39 is 0 Å². The van der Waals surface area contributed by atoms with Crippen LogP contribution in [0.2, 0.25) is 0 Å². The van der Waals surface area contributed by atoms with Crippen molar-refractivity contribution >= 4 is 26.5 Å². The Morgan fingerprint density at radius 1 is 0.531 bits per heavy atom. The Hall–Kier alpha value is 1.32. The summed E-state index contributed by atoms with van der Waals surface area (Å²) in [5.41, 5.74) is 0. The van der Waals surface area contributed by atoms with Crippen LogP contribution in [0.4, 0.5) is 0 Å². The van der Waals surface area contributed by atoms with Crippen LogP contribution in [0.15, 0.2) is 48.5 Å². The molecule has 0 unspecified atom stereocenters. The third-order valence-electron chi connectivity index (χ3n) is 4.49. The molecule has 1 radical (unpaired) electrons. The molecule has 0 amide bonds. The SMILES string of the molecule is CC(C)(C)P(c1ccc[cH-]1)C(C)(C)C.CC(C)(C)P(c1ccc[cH-]1)C(C)(C)C.[Cl-].[Cl-].[Fe+3].[Pd+2]. The topological polar surface area (TPSA) is 0 Å². The quantitative estimate of drug-likeness (QED) is 0.266. The molecular weight excluding hydrogens is 607 g/mol. The van der Waals surface area contributed by atoms with E-state index in [4.69, 9.17) is 0 Å². The average molecular weight is 652 g/mol. The summed E-state index contributed by atoms with van der Waals surface area (Å²) in [5.74, 6) is 0. The molecule has 0 saturated carbocycles. The second-order valence-electron chi connectivity index (χ2n) is 11.6. The molecule has 32 heavy (non-hydrogen) atoms. The Morgan fingerprint density at radius 2 is 0.750 bits per heavy atom. The zero-order valence-corrected chi connectivity index (χ0v) is 27.9. The number of rotatable bonds is 2. The molecule has 2 rings (SSSR count). The van der Waals surface area contributed by atoms with Crippen LogP contribution in [0.25, 0.3) is 0 Å². The van der Waals surface area contributed by atoms with Gasteiger partial charge in [0.1, 0.15) is 0 Å². The first kappa shape index (κ1) is 40.5. The molecule has 0 N–H and O–H groups in total. The van der Waals surface area contributed by atoms with E-state index in [0.29, 0.717) is 20.6 Å². The fourth-order valence-corrected chi connectivity index (χ4v) is 12.7. The predicted octanol–water partition coefficient (Wildman–Crippen LogP) is 2.22. The van der Waals surface area contributed by atoms with Crippen molar-refractivity contribution in [3.05, 3.63) is 48.5 Å². The van der Waals surface area contributed by atoms with E-state index in [1.165, 1.54) is 0 Å².